The lowest BCUT2D eigenvalue weighted by molar-refractivity contribution is -0.138. The number of carbonyl (C=O) groups is 1. The predicted molar refractivity (Wildman–Crippen MR) is 74.6 cm³/mol. The van der Waals surface area contributed by atoms with Crippen molar-refractivity contribution in [1.29, 1.82) is 0 Å². The van der Waals surface area contributed by atoms with Crippen LogP contribution in [0, 0.1) is 6.92 Å². The van der Waals surface area contributed by atoms with Gasteiger partial charge in [-0.05, 0) is 24.1 Å². The average molecular weight is 269 g/mol. The van der Waals surface area contributed by atoms with Crippen LogP contribution in [0.2, 0.25) is 0 Å². The number of hydrogen-bond donors (Lipinski definition) is 1. The molecule has 0 amide bonds. The highest BCUT2D eigenvalue weighted by Gasteiger charge is 2.31. The third kappa shape index (κ3) is 2.22. The lowest BCUT2D eigenvalue weighted by atomic mass is 9.90. The van der Waals surface area contributed by atoms with Crippen molar-refractivity contribution >= 4 is 11.9 Å². The molecule has 2 heterocycles. The van der Waals surface area contributed by atoms with E-state index in [4.69, 9.17) is 0 Å². The number of aliphatic carboxylic acids is 1. The van der Waals surface area contributed by atoms with Crippen molar-refractivity contribution in [2.24, 2.45) is 0 Å². The Morgan fingerprint density at radius 3 is 2.90 bits per heavy atom. The number of aromatic nitrogens is 2. The number of anilines is 1. The molecule has 102 valence electrons. The summed E-state index contributed by atoms with van der Waals surface area (Å²) in [6.07, 6.45) is 1.70. The molecule has 1 aromatic heterocycles. The minimum atomic E-state index is -0.810. The normalized spacial score (nSPS) is 17.6. The summed E-state index contributed by atoms with van der Waals surface area (Å²) >= 11 is 0. The van der Waals surface area contributed by atoms with Crippen molar-refractivity contribution in [2.75, 3.05) is 11.4 Å². The first kappa shape index (κ1) is 12.6. The SMILES string of the molecule is Cc1ccnc(N2Cc3ccccc3C(C(=O)O)C2)n1. The fraction of sp³-hybridized carbons (Fsp3) is 0.267. The van der Waals surface area contributed by atoms with Crippen LogP contribution in [0.1, 0.15) is 22.7 Å². The zero-order chi connectivity index (χ0) is 14.1. The van der Waals surface area contributed by atoms with Crippen molar-refractivity contribution in [3.8, 4) is 0 Å². The molecule has 1 aliphatic heterocycles. The highest BCUT2D eigenvalue weighted by molar-refractivity contribution is 5.78. The molecule has 1 atom stereocenters. The van der Waals surface area contributed by atoms with E-state index in [2.05, 4.69) is 9.97 Å². The lowest BCUT2D eigenvalue weighted by Gasteiger charge is -2.32. The molecule has 1 aliphatic rings. The maximum absolute atomic E-state index is 11.5. The van der Waals surface area contributed by atoms with Crippen LogP contribution in [0.4, 0.5) is 5.95 Å². The van der Waals surface area contributed by atoms with E-state index in [1.54, 1.807) is 6.20 Å². The molecular weight excluding hydrogens is 254 g/mol. The van der Waals surface area contributed by atoms with Gasteiger partial charge in [0, 0.05) is 25.0 Å². The summed E-state index contributed by atoms with van der Waals surface area (Å²) < 4.78 is 0. The minimum absolute atomic E-state index is 0.399. The van der Waals surface area contributed by atoms with E-state index < -0.39 is 11.9 Å². The number of rotatable bonds is 2. The van der Waals surface area contributed by atoms with E-state index in [-0.39, 0.29) is 0 Å². The van der Waals surface area contributed by atoms with Crippen molar-refractivity contribution in [1.82, 2.24) is 9.97 Å². The van der Waals surface area contributed by atoms with Gasteiger partial charge in [0.2, 0.25) is 5.95 Å². The van der Waals surface area contributed by atoms with Crippen molar-refractivity contribution < 1.29 is 9.90 Å². The molecule has 0 aliphatic carbocycles. The Balaban J connectivity index is 2.00. The van der Waals surface area contributed by atoms with E-state index in [1.807, 2.05) is 42.2 Å². The number of nitrogens with zero attached hydrogens (tertiary/aromatic N) is 3. The first-order valence-corrected chi connectivity index (χ1v) is 6.50. The standard InChI is InChI=1S/C15H15N3O2/c1-10-6-7-16-15(17-10)18-8-11-4-2-3-5-12(11)13(9-18)14(19)20/h2-7,13H,8-9H2,1H3,(H,19,20). The molecule has 1 aromatic carbocycles. The van der Waals surface area contributed by atoms with E-state index in [9.17, 15) is 9.90 Å². The summed E-state index contributed by atoms with van der Waals surface area (Å²) in [5, 5.41) is 9.44. The van der Waals surface area contributed by atoms with Gasteiger partial charge in [-0.1, -0.05) is 24.3 Å². The molecule has 1 unspecified atom stereocenters. The quantitative estimate of drug-likeness (QED) is 0.903. The molecule has 0 bridgehead atoms. The summed E-state index contributed by atoms with van der Waals surface area (Å²) in [5.41, 5.74) is 2.79. The zero-order valence-corrected chi connectivity index (χ0v) is 11.2. The Morgan fingerprint density at radius 2 is 2.15 bits per heavy atom. The van der Waals surface area contributed by atoms with Crippen LogP contribution in [0.25, 0.3) is 0 Å². The molecule has 1 N–H and O–H groups in total. The molecular formula is C15H15N3O2. The molecule has 2 aromatic rings. The minimum Gasteiger partial charge on any atom is -0.481 e. The second-order valence-corrected chi connectivity index (χ2v) is 4.97. The first-order chi connectivity index (χ1) is 9.65. The average Bonchev–Trinajstić information content (AvgIpc) is 2.46. The van der Waals surface area contributed by atoms with Crippen molar-refractivity contribution in [3.05, 3.63) is 53.3 Å². The second-order valence-electron chi connectivity index (χ2n) is 4.97. The zero-order valence-electron chi connectivity index (χ0n) is 11.2. The van der Waals surface area contributed by atoms with E-state index >= 15 is 0 Å². The Hall–Kier alpha value is -2.43. The van der Waals surface area contributed by atoms with E-state index in [0.717, 1.165) is 16.8 Å². The monoisotopic (exact) mass is 269 g/mol. The van der Waals surface area contributed by atoms with Gasteiger partial charge in [0.1, 0.15) is 0 Å². The summed E-state index contributed by atoms with van der Waals surface area (Å²) in [6, 6.07) is 9.50. The predicted octanol–water partition coefficient (Wildman–Crippen LogP) is 1.97. The van der Waals surface area contributed by atoms with Gasteiger partial charge >= 0.3 is 5.97 Å². The molecule has 0 saturated heterocycles. The molecule has 5 heteroatoms. The van der Waals surface area contributed by atoms with E-state index in [0.29, 0.717) is 19.0 Å². The topological polar surface area (TPSA) is 66.3 Å². The fourth-order valence-electron chi connectivity index (χ4n) is 2.56. The summed E-state index contributed by atoms with van der Waals surface area (Å²) in [6.45, 7) is 2.94. The highest BCUT2D eigenvalue weighted by atomic mass is 16.4. The van der Waals surface area contributed by atoms with Crippen LogP contribution in [0.3, 0.4) is 0 Å². The number of carboxylic acid groups (broad SMARTS) is 1. The van der Waals surface area contributed by atoms with Crippen LogP contribution in [-0.2, 0) is 11.3 Å². The largest absolute Gasteiger partial charge is 0.481 e. The molecule has 5 nitrogen and oxygen atoms in total. The van der Waals surface area contributed by atoms with Gasteiger partial charge in [0.15, 0.2) is 0 Å². The van der Waals surface area contributed by atoms with Crippen LogP contribution >= 0.6 is 0 Å². The maximum atomic E-state index is 11.5. The second kappa shape index (κ2) is 4.92. The smallest absolute Gasteiger partial charge is 0.312 e. The molecule has 0 spiro atoms. The molecule has 3 rings (SSSR count). The van der Waals surface area contributed by atoms with Gasteiger partial charge in [-0.15, -0.1) is 0 Å². The maximum Gasteiger partial charge on any atom is 0.312 e. The van der Waals surface area contributed by atoms with Gasteiger partial charge in [-0.25, -0.2) is 9.97 Å². The fourth-order valence-corrected chi connectivity index (χ4v) is 2.56. The molecule has 0 radical (unpaired) electrons. The lowest BCUT2D eigenvalue weighted by Crippen LogP contribution is -2.37. The molecule has 0 saturated carbocycles. The number of fused-ring (bicyclic) bond motifs is 1. The van der Waals surface area contributed by atoms with Gasteiger partial charge in [-0.2, -0.15) is 0 Å². The van der Waals surface area contributed by atoms with E-state index in [1.165, 1.54) is 0 Å². The van der Waals surface area contributed by atoms with Crippen molar-refractivity contribution in [3.63, 3.8) is 0 Å². The Labute approximate surface area is 116 Å². The van der Waals surface area contributed by atoms with Crippen LogP contribution in [-0.4, -0.2) is 27.6 Å². The van der Waals surface area contributed by atoms with Crippen LogP contribution < -0.4 is 4.90 Å². The molecule has 20 heavy (non-hydrogen) atoms. The molecule has 0 fully saturated rings. The number of benzene rings is 1. The summed E-state index contributed by atoms with van der Waals surface area (Å²) in [5.74, 6) is -0.760. The first-order valence-electron chi connectivity index (χ1n) is 6.50. The van der Waals surface area contributed by atoms with Gasteiger partial charge < -0.3 is 10.0 Å². The Bertz CT molecular complexity index is 657. The van der Waals surface area contributed by atoms with Gasteiger partial charge in [-0.3, -0.25) is 4.79 Å². The number of aryl methyl sites for hydroxylation is 1. The van der Waals surface area contributed by atoms with Crippen LogP contribution in [0.5, 0.6) is 0 Å². The number of hydrogen-bond acceptors (Lipinski definition) is 4. The third-order valence-corrected chi connectivity index (χ3v) is 3.56. The van der Waals surface area contributed by atoms with Gasteiger partial charge in [0.25, 0.3) is 0 Å². The third-order valence-electron chi connectivity index (χ3n) is 3.56. The Kier molecular flexibility index (Phi) is 3.10. The summed E-state index contributed by atoms with van der Waals surface area (Å²) in [4.78, 5) is 22.1. The van der Waals surface area contributed by atoms with Gasteiger partial charge in [0.05, 0.1) is 5.92 Å². The Morgan fingerprint density at radius 1 is 1.35 bits per heavy atom. The van der Waals surface area contributed by atoms with Crippen LogP contribution in [0.15, 0.2) is 36.5 Å². The number of carboxylic acids is 1. The highest BCUT2D eigenvalue weighted by Crippen LogP contribution is 2.30. The summed E-state index contributed by atoms with van der Waals surface area (Å²) in [7, 11) is 0. The van der Waals surface area contributed by atoms with Crippen molar-refractivity contribution in [2.45, 2.75) is 19.4 Å².